The molecule has 2 heterocycles. The highest BCUT2D eigenvalue weighted by molar-refractivity contribution is 5.95. The number of hydrogen-bond acceptors (Lipinski definition) is 4. The molecule has 7 nitrogen and oxygen atoms in total. The van der Waals surface area contributed by atoms with Gasteiger partial charge in [-0.1, -0.05) is 31.5 Å². The van der Waals surface area contributed by atoms with Gasteiger partial charge >= 0.3 is 0 Å². The number of nitrogens with zero attached hydrogens (tertiary/aromatic N) is 3. The Bertz CT molecular complexity index is 896. The average molecular weight is 441 g/mol. The minimum atomic E-state index is -0.0361. The summed E-state index contributed by atoms with van der Waals surface area (Å²) in [4.78, 5) is 27.6. The summed E-state index contributed by atoms with van der Waals surface area (Å²) in [7, 11) is 0. The lowest BCUT2D eigenvalue weighted by atomic mass is 9.95. The van der Waals surface area contributed by atoms with Gasteiger partial charge in [0.25, 0.3) is 5.91 Å². The molecule has 0 spiro atoms. The van der Waals surface area contributed by atoms with Crippen molar-refractivity contribution in [1.29, 1.82) is 0 Å². The van der Waals surface area contributed by atoms with E-state index in [1.165, 1.54) is 5.56 Å². The first-order valence-corrected chi connectivity index (χ1v) is 11.7. The maximum absolute atomic E-state index is 13.3. The van der Waals surface area contributed by atoms with Gasteiger partial charge in [-0.15, -0.1) is 0 Å². The van der Waals surface area contributed by atoms with E-state index in [1.807, 2.05) is 28.6 Å². The zero-order valence-corrected chi connectivity index (χ0v) is 19.8. The van der Waals surface area contributed by atoms with Crippen LogP contribution >= 0.6 is 0 Å². The number of aromatic nitrogens is 2. The summed E-state index contributed by atoms with van der Waals surface area (Å²) in [5, 5.41) is 7.55. The number of piperidine rings is 1. The SMILES string of the molecule is CCOCCCNC(=O)C1CCN(C(=O)c2cnn(-c3ccc(C)cc3)c2C(C)C)CC1. The number of benzene rings is 1. The van der Waals surface area contributed by atoms with Crippen LogP contribution in [0.1, 0.15) is 67.6 Å². The molecule has 1 N–H and O–H groups in total. The number of carbonyl (C=O) groups excluding carboxylic acids is 2. The van der Waals surface area contributed by atoms with Crippen molar-refractivity contribution in [2.75, 3.05) is 32.8 Å². The van der Waals surface area contributed by atoms with E-state index in [9.17, 15) is 9.59 Å². The Balaban J connectivity index is 1.61. The molecular weight excluding hydrogens is 404 g/mol. The normalized spacial score (nSPS) is 14.7. The highest BCUT2D eigenvalue weighted by atomic mass is 16.5. The van der Waals surface area contributed by atoms with Crippen LogP contribution in [0.25, 0.3) is 5.69 Å². The van der Waals surface area contributed by atoms with Gasteiger partial charge in [-0.05, 0) is 51.2 Å². The van der Waals surface area contributed by atoms with Gasteiger partial charge in [0.1, 0.15) is 0 Å². The molecule has 2 aromatic rings. The minimum absolute atomic E-state index is 0.00244. The molecule has 1 aliphatic heterocycles. The van der Waals surface area contributed by atoms with E-state index >= 15 is 0 Å². The van der Waals surface area contributed by atoms with Gasteiger partial charge < -0.3 is 15.0 Å². The highest BCUT2D eigenvalue weighted by Crippen LogP contribution is 2.26. The topological polar surface area (TPSA) is 76.5 Å². The largest absolute Gasteiger partial charge is 0.382 e. The fourth-order valence-corrected chi connectivity index (χ4v) is 4.16. The van der Waals surface area contributed by atoms with Crippen LogP contribution in [-0.2, 0) is 9.53 Å². The molecule has 174 valence electrons. The molecule has 0 atom stereocenters. The summed E-state index contributed by atoms with van der Waals surface area (Å²) in [6.07, 6.45) is 3.88. The molecule has 32 heavy (non-hydrogen) atoms. The number of ether oxygens (including phenoxy) is 1. The third kappa shape index (κ3) is 5.76. The summed E-state index contributed by atoms with van der Waals surface area (Å²) in [5.74, 6) is 0.204. The first-order chi connectivity index (χ1) is 15.4. The van der Waals surface area contributed by atoms with Crippen LogP contribution in [0.3, 0.4) is 0 Å². The van der Waals surface area contributed by atoms with E-state index in [0.717, 1.165) is 17.8 Å². The molecule has 1 fully saturated rings. The Labute approximate surface area is 191 Å². The van der Waals surface area contributed by atoms with Crippen LogP contribution in [-0.4, -0.2) is 59.3 Å². The third-order valence-corrected chi connectivity index (χ3v) is 5.98. The summed E-state index contributed by atoms with van der Waals surface area (Å²) in [6.45, 7) is 11.4. The number of rotatable bonds is 9. The predicted molar refractivity (Wildman–Crippen MR) is 125 cm³/mol. The lowest BCUT2D eigenvalue weighted by Gasteiger charge is -2.31. The van der Waals surface area contributed by atoms with Crippen LogP contribution in [0.4, 0.5) is 0 Å². The highest BCUT2D eigenvalue weighted by Gasteiger charge is 2.30. The third-order valence-electron chi connectivity index (χ3n) is 5.98. The Kier molecular flexibility index (Phi) is 8.45. The molecule has 1 aliphatic rings. The standard InChI is InChI=1S/C25H36N4O3/c1-5-32-16-6-13-26-24(30)20-11-14-28(15-12-20)25(31)22-17-27-29(23(22)18(2)3)21-9-7-19(4)8-10-21/h7-10,17-18,20H,5-6,11-16H2,1-4H3,(H,26,30). The Morgan fingerprint density at radius 1 is 1.19 bits per heavy atom. The van der Waals surface area contributed by atoms with E-state index in [1.54, 1.807) is 6.20 Å². The predicted octanol–water partition coefficient (Wildman–Crippen LogP) is 3.70. The van der Waals surface area contributed by atoms with E-state index in [-0.39, 0.29) is 23.7 Å². The van der Waals surface area contributed by atoms with E-state index < -0.39 is 0 Å². The van der Waals surface area contributed by atoms with Crippen molar-refractivity contribution in [2.45, 2.75) is 52.9 Å². The van der Waals surface area contributed by atoms with Crippen molar-refractivity contribution in [1.82, 2.24) is 20.0 Å². The molecule has 2 amide bonds. The fraction of sp³-hybridized carbons (Fsp3) is 0.560. The van der Waals surface area contributed by atoms with Crippen LogP contribution in [0, 0.1) is 12.8 Å². The number of likely N-dealkylation sites (tertiary alicyclic amines) is 1. The van der Waals surface area contributed by atoms with Gasteiger partial charge in [-0.3, -0.25) is 9.59 Å². The maximum Gasteiger partial charge on any atom is 0.257 e. The second-order valence-electron chi connectivity index (χ2n) is 8.75. The summed E-state index contributed by atoms with van der Waals surface area (Å²) in [6, 6.07) is 8.16. The first-order valence-electron chi connectivity index (χ1n) is 11.7. The van der Waals surface area contributed by atoms with Crippen molar-refractivity contribution in [3.8, 4) is 5.69 Å². The molecule has 0 bridgehead atoms. The molecule has 1 saturated heterocycles. The fourth-order valence-electron chi connectivity index (χ4n) is 4.16. The molecular formula is C25H36N4O3. The van der Waals surface area contributed by atoms with E-state index in [4.69, 9.17) is 4.74 Å². The maximum atomic E-state index is 13.3. The summed E-state index contributed by atoms with van der Waals surface area (Å²) < 4.78 is 7.18. The monoisotopic (exact) mass is 440 g/mol. The quantitative estimate of drug-likeness (QED) is 0.603. The van der Waals surface area contributed by atoms with Gasteiger partial charge in [0, 0.05) is 38.8 Å². The lowest BCUT2D eigenvalue weighted by molar-refractivity contribution is -0.126. The molecule has 3 rings (SSSR count). The van der Waals surface area contributed by atoms with Crippen LogP contribution in [0.15, 0.2) is 30.5 Å². The first kappa shape index (κ1) is 24.0. The zero-order chi connectivity index (χ0) is 23.1. The van der Waals surface area contributed by atoms with Crippen LogP contribution in [0.5, 0.6) is 0 Å². The Hall–Kier alpha value is -2.67. The number of nitrogens with one attached hydrogen (secondary N) is 1. The van der Waals surface area contributed by atoms with Crippen LogP contribution in [0.2, 0.25) is 0 Å². The molecule has 1 aromatic carbocycles. The van der Waals surface area contributed by atoms with Crippen molar-refractivity contribution in [3.05, 3.63) is 47.3 Å². The van der Waals surface area contributed by atoms with Gasteiger partial charge in [0.15, 0.2) is 0 Å². The minimum Gasteiger partial charge on any atom is -0.382 e. The molecule has 7 heteroatoms. The molecule has 0 unspecified atom stereocenters. The number of aryl methyl sites for hydroxylation is 1. The Morgan fingerprint density at radius 3 is 2.50 bits per heavy atom. The second kappa shape index (κ2) is 11.3. The number of carbonyl (C=O) groups is 2. The van der Waals surface area contributed by atoms with Crippen molar-refractivity contribution in [3.63, 3.8) is 0 Å². The van der Waals surface area contributed by atoms with Crippen molar-refractivity contribution in [2.24, 2.45) is 5.92 Å². The smallest absolute Gasteiger partial charge is 0.257 e. The Morgan fingerprint density at radius 2 is 1.88 bits per heavy atom. The van der Waals surface area contributed by atoms with Crippen LogP contribution < -0.4 is 5.32 Å². The lowest BCUT2D eigenvalue weighted by Crippen LogP contribution is -2.43. The van der Waals surface area contributed by atoms with Crippen molar-refractivity contribution < 1.29 is 14.3 Å². The summed E-state index contributed by atoms with van der Waals surface area (Å²) in [5.41, 5.74) is 3.72. The number of amides is 2. The number of hydrogen-bond donors (Lipinski definition) is 1. The molecule has 0 radical (unpaired) electrons. The van der Waals surface area contributed by atoms with Crippen molar-refractivity contribution >= 4 is 11.8 Å². The molecule has 1 aromatic heterocycles. The average Bonchev–Trinajstić information content (AvgIpc) is 3.24. The zero-order valence-electron chi connectivity index (χ0n) is 19.8. The van der Waals surface area contributed by atoms with Gasteiger partial charge in [-0.2, -0.15) is 5.10 Å². The van der Waals surface area contributed by atoms with Gasteiger partial charge in [-0.25, -0.2) is 4.68 Å². The van der Waals surface area contributed by atoms with Gasteiger partial charge in [0.05, 0.1) is 23.1 Å². The summed E-state index contributed by atoms with van der Waals surface area (Å²) >= 11 is 0. The molecule has 0 aliphatic carbocycles. The van der Waals surface area contributed by atoms with E-state index in [2.05, 4.69) is 43.3 Å². The van der Waals surface area contributed by atoms with E-state index in [0.29, 0.717) is 51.3 Å². The second-order valence-corrected chi connectivity index (χ2v) is 8.75. The van der Waals surface area contributed by atoms with Gasteiger partial charge in [0.2, 0.25) is 5.91 Å². The molecule has 0 saturated carbocycles.